The van der Waals surface area contributed by atoms with Gasteiger partial charge in [0.15, 0.2) is 17.8 Å². The summed E-state index contributed by atoms with van der Waals surface area (Å²) < 4.78 is 22.8. The molecule has 0 atom stereocenters. The molecule has 0 amide bonds. The molecule has 1 rings (SSSR count). The Balaban J connectivity index is 3.21. The first-order valence-corrected chi connectivity index (χ1v) is 6.61. The molecule has 0 aliphatic rings. The fraction of sp³-hybridized carbons (Fsp3) is 0.538. The summed E-state index contributed by atoms with van der Waals surface area (Å²) >= 11 is 3.44. The van der Waals surface area contributed by atoms with Crippen molar-refractivity contribution in [2.75, 3.05) is 27.4 Å². The quantitative estimate of drug-likeness (QED) is 0.721. The highest BCUT2D eigenvalue weighted by molar-refractivity contribution is 9.10. The summed E-state index contributed by atoms with van der Waals surface area (Å²) in [5.41, 5.74) is 0.812. The van der Waals surface area contributed by atoms with Crippen LogP contribution in [-0.2, 0) is 9.47 Å². The van der Waals surface area contributed by atoms with Crippen molar-refractivity contribution in [3.63, 3.8) is 0 Å². The van der Waals surface area contributed by atoms with E-state index in [0.29, 0.717) is 24.7 Å². The number of benzene rings is 1. The Hall–Kier alpha value is -0.780. The lowest BCUT2D eigenvalue weighted by molar-refractivity contribution is -0.141. The molecule has 1 aromatic rings. The van der Waals surface area contributed by atoms with Gasteiger partial charge >= 0.3 is 0 Å². The average Bonchev–Trinajstić information content (AvgIpc) is 2.37. The van der Waals surface area contributed by atoms with E-state index < -0.39 is 6.29 Å². The first kappa shape index (κ1) is 15.3. The Morgan fingerprint density at radius 3 is 2.11 bits per heavy atom. The summed E-state index contributed by atoms with van der Waals surface area (Å²) in [6.45, 7) is 4.97. The van der Waals surface area contributed by atoms with Crippen LogP contribution in [0.1, 0.15) is 25.7 Å². The van der Waals surface area contributed by atoms with Crippen LogP contribution >= 0.6 is 15.9 Å². The molecule has 0 fully saturated rings. The summed E-state index contributed by atoms with van der Waals surface area (Å²) in [4.78, 5) is 0. The number of methoxy groups -OCH3 is 2. The molecule has 102 valence electrons. The van der Waals surface area contributed by atoms with Crippen LogP contribution in [-0.4, -0.2) is 27.4 Å². The average molecular weight is 319 g/mol. The Morgan fingerprint density at radius 2 is 1.67 bits per heavy atom. The van der Waals surface area contributed by atoms with Crippen LogP contribution in [0.2, 0.25) is 0 Å². The molecular formula is C13H19BrO4. The maximum atomic E-state index is 5.59. The van der Waals surface area contributed by atoms with Gasteiger partial charge in [0.25, 0.3) is 0 Å². The maximum Gasteiger partial charge on any atom is 0.187 e. The normalized spacial score (nSPS) is 10.8. The van der Waals surface area contributed by atoms with Crippen molar-refractivity contribution in [2.45, 2.75) is 20.1 Å². The SMILES string of the molecule is CCOC(OCC)c1cc(Br)cc(OC)c1OC. The minimum absolute atomic E-state index is 0.457. The van der Waals surface area contributed by atoms with E-state index in [2.05, 4.69) is 15.9 Å². The van der Waals surface area contributed by atoms with E-state index in [4.69, 9.17) is 18.9 Å². The molecule has 0 N–H and O–H groups in total. The monoisotopic (exact) mass is 318 g/mol. The van der Waals surface area contributed by atoms with E-state index in [9.17, 15) is 0 Å². The van der Waals surface area contributed by atoms with Gasteiger partial charge in [0, 0.05) is 17.7 Å². The molecule has 0 aliphatic heterocycles. The van der Waals surface area contributed by atoms with E-state index >= 15 is 0 Å². The van der Waals surface area contributed by atoms with Crippen LogP contribution in [0.25, 0.3) is 0 Å². The molecule has 0 heterocycles. The zero-order chi connectivity index (χ0) is 13.5. The largest absolute Gasteiger partial charge is 0.493 e. The van der Waals surface area contributed by atoms with Gasteiger partial charge in [-0.2, -0.15) is 0 Å². The van der Waals surface area contributed by atoms with Crippen molar-refractivity contribution in [3.8, 4) is 11.5 Å². The molecule has 0 bridgehead atoms. The third-order valence-corrected chi connectivity index (χ3v) is 2.82. The Bertz CT molecular complexity index is 375. The number of halogens is 1. The van der Waals surface area contributed by atoms with Crippen molar-refractivity contribution in [2.24, 2.45) is 0 Å². The van der Waals surface area contributed by atoms with Crippen molar-refractivity contribution in [3.05, 3.63) is 22.2 Å². The van der Waals surface area contributed by atoms with Crippen LogP contribution in [0.5, 0.6) is 11.5 Å². The van der Waals surface area contributed by atoms with Crippen LogP contribution in [0.3, 0.4) is 0 Å². The molecule has 18 heavy (non-hydrogen) atoms. The third kappa shape index (κ3) is 3.60. The van der Waals surface area contributed by atoms with E-state index in [1.807, 2.05) is 26.0 Å². The highest BCUT2D eigenvalue weighted by atomic mass is 79.9. The second kappa shape index (κ2) is 7.61. The van der Waals surface area contributed by atoms with Gasteiger partial charge in [-0.25, -0.2) is 0 Å². The molecule has 0 saturated carbocycles. The van der Waals surface area contributed by atoms with Gasteiger partial charge in [-0.05, 0) is 26.0 Å². The third-order valence-electron chi connectivity index (χ3n) is 2.36. The number of hydrogen-bond acceptors (Lipinski definition) is 4. The second-order valence-corrected chi connectivity index (χ2v) is 4.39. The summed E-state index contributed by atoms with van der Waals surface area (Å²) in [6, 6.07) is 3.76. The minimum Gasteiger partial charge on any atom is -0.493 e. The smallest absolute Gasteiger partial charge is 0.187 e. The summed E-state index contributed by atoms with van der Waals surface area (Å²) in [5.74, 6) is 1.28. The molecule has 0 unspecified atom stereocenters. The van der Waals surface area contributed by atoms with Crippen molar-refractivity contribution in [1.29, 1.82) is 0 Å². The Kier molecular flexibility index (Phi) is 6.46. The number of hydrogen-bond donors (Lipinski definition) is 0. The highest BCUT2D eigenvalue weighted by Gasteiger charge is 2.21. The Morgan fingerprint density at radius 1 is 1.06 bits per heavy atom. The van der Waals surface area contributed by atoms with E-state index in [1.54, 1.807) is 14.2 Å². The summed E-state index contributed by atoms with van der Waals surface area (Å²) in [7, 11) is 3.20. The lowest BCUT2D eigenvalue weighted by Crippen LogP contribution is -2.11. The van der Waals surface area contributed by atoms with Gasteiger partial charge in [-0.1, -0.05) is 15.9 Å². The number of rotatable bonds is 7. The highest BCUT2D eigenvalue weighted by Crippen LogP contribution is 2.39. The summed E-state index contributed by atoms with van der Waals surface area (Å²) in [6.07, 6.45) is -0.457. The minimum atomic E-state index is -0.457. The number of ether oxygens (including phenoxy) is 4. The van der Waals surface area contributed by atoms with Crippen LogP contribution in [0.15, 0.2) is 16.6 Å². The van der Waals surface area contributed by atoms with Crippen LogP contribution in [0, 0.1) is 0 Å². The molecule has 0 spiro atoms. The van der Waals surface area contributed by atoms with Crippen LogP contribution < -0.4 is 9.47 Å². The molecule has 0 saturated heterocycles. The maximum absolute atomic E-state index is 5.59. The van der Waals surface area contributed by atoms with E-state index in [-0.39, 0.29) is 0 Å². The first-order valence-electron chi connectivity index (χ1n) is 5.82. The zero-order valence-electron chi connectivity index (χ0n) is 11.2. The lowest BCUT2D eigenvalue weighted by atomic mass is 10.1. The zero-order valence-corrected chi connectivity index (χ0v) is 12.7. The van der Waals surface area contributed by atoms with Crippen molar-refractivity contribution >= 4 is 15.9 Å². The second-order valence-electron chi connectivity index (χ2n) is 3.47. The molecule has 0 radical (unpaired) electrons. The molecule has 0 aliphatic carbocycles. The van der Waals surface area contributed by atoms with Crippen molar-refractivity contribution in [1.82, 2.24) is 0 Å². The molecular weight excluding hydrogens is 300 g/mol. The predicted octanol–water partition coefficient (Wildman–Crippen LogP) is 3.54. The first-order chi connectivity index (χ1) is 8.67. The molecule has 0 aromatic heterocycles. The van der Waals surface area contributed by atoms with E-state index in [0.717, 1.165) is 10.0 Å². The standard InChI is InChI=1S/C13H19BrO4/c1-5-17-13(18-6-2)10-7-9(14)8-11(15-3)12(10)16-4/h7-8,13H,5-6H2,1-4H3. The predicted molar refractivity (Wildman–Crippen MR) is 73.2 cm³/mol. The lowest BCUT2D eigenvalue weighted by Gasteiger charge is -2.21. The van der Waals surface area contributed by atoms with Crippen molar-refractivity contribution < 1.29 is 18.9 Å². The molecule has 1 aromatic carbocycles. The summed E-state index contributed by atoms with van der Waals surface area (Å²) in [5, 5.41) is 0. The van der Waals surface area contributed by atoms with Crippen LogP contribution in [0.4, 0.5) is 0 Å². The molecule has 5 heteroatoms. The fourth-order valence-corrected chi connectivity index (χ4v) is 2.12. The molecule has 4 nitrogen and oxygen atoms in total. The van der Waals surface area contributed by atoms with Gasteiger partial charge in [0.05, 0.1) is 19.8 Å². The van der Waals surface area contributed by atoms with Gasteiger partial charge in [-0.3, -0.25) is 0 Å². The Labute approximate surface area is 116 Å². The van der Waals surface area contributed by atoms with Gasteiger partial charge in [-0.15, -0.1) is 0 Å². The van der Waals surface area contributed by atoms with E-state index in [1.165, 1.54) is 0 Å². The van der Waals surface area contributed by atoms with Gasteiger partial charge in [0.1, 0.15) is 0 Å². The topological polar surface area (TPSA) is 36.9 Å². The van der Waals surface area contributed by atoms with Gasteiger partial charge in [0.2, 0.25) is 0 Å². The van der Waals surface area contributed by atoms with Gasteiger partial charge < -0.3 is 18.9 Å². The fourth-order valence-electron chi connectivity index (χ4n) is 1.66.